The molecule has 10 heteroatoms. The van der Waals surface area contributed by atoms with Gasteiger partial charge in [0.1, 0.15) is 11.5 Å². The van der Waals surface area contributed by atoms with Crippen LogP contribution in [-0.4, -0.2) is 38.2 Å². The van der Waals surface area contributed by atoms with E-state index in [1.54, 1.807) is 18.2 Å². The average Bonchev–Trinajstić information content (AvgIpc) is 3.17. The molecule has 0 spiro atoms. The summed E-state index contributed by atoms with van der Waals surface area (Å²) >= 11 is 0. The molecule has 0 bridgehead atoms. The van der Waals surface area contributed by atoms with E-state index in [9.17, 15) is 17.6 Å². The number of likely N-dealkylation sites (N-methyl/N-ethyl adjacent to an activating group) is 1. The van der Waals surface area contributed by atoms with Crippen LogP contribution in [0.25, 0.3) is 0 Å². The molecular formula is C19H16FN3O5S. The number of benzene rings is 2. The van der Waals surface area contributed by atoms with Crippen molar-refractivity contribution in [1.29, 1.82) is 0 Å². The fourth-order valence-corrected chi connectivity index (χ4v) is 3.75. The van der Waals surface area contributed by atoms with Crippen molar-refractivity contribution in [3.63, 3.8) is 0 Å². The van der Waals surface area contributed by atoms with Gasteiger partial charge in [-0.25, -0.2) is 8.70 Å². The van der Waals surface area contributed by atoms with Crippen LogP contribution >= 0.6 is 0 Å². The van der Waals surface area contributed by atoms with Crippen molar-refractivity contribution in [2.45, 2.75) is 6.54 Å². The number of amides is 1. The standard InChI is InChI=1S/C19H16FN3O5S/c1-23-16(19(24)21-10-12-2-5-14(20)6-3-12)9-15(22-29(23,25)26)13-4-7-17-18(8-13)28-11-27-17/h2-9H,10-11H2,1H3,(H,21,24). The van der Waals surface area contributed by atoms with Gasteiger partial charge in [-0.05, 0) is 42.0 Å². The van der Waals surface area contributed by atoms with E-state index in [1.165, 1.54) is 37.4 Å². The summed E-state index contributed by atoms with van der Waals surface area (Å²) in [6, 6.07) is 10.5. The number of hydrogen-bond donors (Lipinski definition) is 1. The van der Waals surface area contributed by atoms with Gasteiger partial charge in [0.25, 0.3) is 5.91 Å². The molecule has 1 amide bonds. The van der Waals surface area contributed by atoms with Gasteiger partial charge in [0, 0.05) is 19.2 Å². The van der Waals surface area contributed by atoms with Crippen LogP contribution in [0.15, 0.2) is 58.6 Å². The summed E-state index contributed by atoms with van der Waals surface area (Å²) in [5.74, 6) is 0.0302. The first kappa shape index (κ1) is 18.9. The quantitative estimate of drug-likeness (QED) is 0.817. The van der Waals surface area contributed by atoms with Gasteiger partial charge in [-0.1, -0.05) is 12.1 Å². The Labute approximate surface area is 166 Å². The van der Waals surface area contributed by atoms with Crippen LogP contribution in [0.5, 0.6) is 11.5 Å². The molecule has 150 valence electrons. The minimum Gasteiger partial charge on any atom is -0.454 e. The fourth-order valence-electron chi connectivity index (χ4n) is 2.83. The van der Waals surface area contributed by atoms with E-state index in [0.717, 1.165) is 4.31 Å². The minimum absolute atomic E-state index is 0.0825. The smallest absolute Gasteiger partial charge is 0.345 e. The topological polar surface area (TPSA) is 97.3 Å². The van der Waals surface area contributed by atoms with E-state index < -0.39 is 16.1 Å². The highest BCUT2D eigenvalue weighted by Crippen LogP contribution is 2.33. The molecule has 2 aliphatic rings. The van der Waals surface area contributed by atoms with Crippen molar-refractivity contribution in [2.24, 2.45) is 4.40 Å². The molecule has 0 aliphatic carbocycles. The molecule has 0 aromatic heterocycles. The van der Waals surface area contributed by atoms with Gasteiger partial charge in [0.2, 0.25) is 6.79 Å². The van der Waals surface area contributed by atoms with E-state index >= 15 is 0 Å². The van der Waals surface area contributed by atoms with Crippen LogP contribution in [0.3, 0.4) is 0 Å². The maximum atomic E-state index is 13.0. The third-order valence-corrected chi connectivity index (χ3v) is 5.76. The lowest BCUT2D eigenvalue weighted by Gasteiger charge is -2.23. The lowest BCUT2D eigenvalue weighted by atomic mass is 10.1. The molecule has 0 atom stereocenters. The van der Waals surface area contributed by atoms with Crippen LogP contribution in [0.4, 0.5) is 4.39 Å². The highest BCUT2D eigenvalue weighted by Gasteiger charge is 2.30. The molecule has 0 unspecified atom stereocenters. The summed E-state index contributed by atoms with van der Waals surface area (Å²) in [6.07, 6.45) is 1.39. The SMILES string of the molecule is CN1C(C(=O)NCc2ccc(F)cc2)=CC(c2ccc3c(c2)OCO3)=NS1(=O)=O. The summed E-state index contributed by atoms with van der Waals surface area (Å²) < 4.78 is 53.0. The Kier molecular flexibility index (Phi) is 4.71. The number of halogens is 1. The second-order valence-corrected chi connectivity index (χ2v) is 7.95. The molecule has 0 saturated carbocycles. The zero-order valence-electron chi connectivity index (χ0n) is 15.3. The van der Waals surface area contributed by atoms with E-state index in [1.807, 2.05) is 0 Å². The minimum atomic E-state index is -4.09. The Balaban J connectivity index is 1.60. The zero-order valence-corrected chi connectivity index (χ0v) is 16.1. The number of hydrogen-bond acceptors (Lipinski definition) is 5. The van der Waals surface area contributed by atoms with Crippen molar-refractivity contribution < 1.29 is 27.1 Å². The van der Waals surface area contributed by atoms with Crippen LogP contribution in [0, 0.1) is 5.82 Å². The number of nitrogens with one attached hydrogen (secondary N) is 1. The Morgan fingerprint density at radius 1 is 1.17 bits per heavy atom. The molecule has 4 rings (SSSR count). The van der Waals surface area contributed by atoms with Gasteiger partial charge in [-0.3, -0.25) is 4.79 Å². The monoisotopic (exact) mass is 417 g/mol. The highest BCUT2D eigenvalue weighted by atomic mass is 32.2. The predicted octanol–water partition coefficient (Wildman–Crippen LogP) is 1.73. The number of rotatable bonds is 4. The van der Waals surface area contributed by atoms with Crippen molar-refractivity contribution >= 4 is 21.8 Å². The summed E-state index contributed by atoms with van der Waals surface area (Å²) in [6.45, 7) is 0.194. The molecule has 2 aromatic rings. The Morgan fingerprint density at radius 3 is 2.66 bits per heavy atom. The lowest BCUT2D eigenvalue weighted by Crippen LogP contribution is -2.38. The summed E-state index contributed by atoms with van der Waals surface area (Å²) in [7, 11) is -2.84. The molecule has 8 nitrogen and oxygen atoms in total. The molecule has 0 fully saturated rings. The average molecular weight is 417 g/mol. The van der Waals surface area contributed by atoms with Gasteiger partial charge in [0.05, 0.1) is 5.71 Å². The first-order valence-corrected chi connectivity index (χ1v) is 9.96. The van der Waals surface area contributed by atoms with Crippen LogP contribution in [-0.2, 0) is 21.5 Å². The fraction of sp³-hybridized carbons (Fsp3) is 0.158. The highest BCUT2D eigenvalue weighted by molar-refractivity contribution is 7.88. The molecule has 0 radical (unpaired) electrons. The van der Waals surface area contributed by atoms with Crippen molar-refractivity contribution in [2.75, 3.05) is 13.8 Å². The maximum Gasteiger partial charge on any atom is 0.345 e. The van der Waals surface area contributed by atoms with Gasteiger partial charge in [-0.2, -0.15) is 8.42 Å². The third-order valence-electron chi connectivity index (χ3n) is 4.44. The van der Waals surface area contributed by atoms with E-state index in [2.05, 4.69) is 9.71 Å². The summed E-state index contributed by atoms with van der Waals surface area (Å²) in [4.78, 5) is 12.6. The Bertz CT molecular complexity index is 1140. The molecule has 29 heavy (non-hydrogen) atoms. The number of allylic oxidation sites excluding steroid dienone is 1. The number of ether oxygens (including phenoxy) is 2. The Hall–Kier alpha value is -3.40. The predicted molar refractivity (Wildman–Crippen MR) is 102 cm³/mol. The molecular weight excluding hydrogens is 401 g/mol. The number of nitrogens with zero attached hydrogens (tertiary/aromatic N) is 2. The number of carbonyl (C=O) groups excluding carboxylic acids is 1. The third kappa shape index (κ3) is 3.79. The van der Waals surface area contributed by atoms with Gasteiger partial charge in [-0.15, -0.1) is 4.40 Å². The maximum absolute atomic E-state index is 13.0. The molecule has 2 heterocycles. The largest absolute Gasteiger partial charge is 0.454 e. The van der Waals surface area contributed by atoms with Crippen molar-refractivity contribution in [3.8, 4) is 11.5 Å². The van der Waals surface area contributed by atoms with Gasteiger partial charge in [0.15, 0.2) is 11.5 Å². The van der Waals surface area contributed by atoms with Gasteiger partial charge >= 0.3 is 10.2 Å². The van der Waals surface area contributed by atoms with Crippen LogP contribution in [0.2, 0.25) is 0 Å². The molecule has 2 aliphatic heterocycles. The normalized spacial score (nSPS) is 16.8. The molecule has 1 N–H and O–H groups in total. The Morgan fingerprint density at radius 2 is 1.90 bits per heavy atom. The lowest BCUT2D eigenvalue weighted by molar-refractivity contribution is -0.118. The van der Waals surface area contributed by atoms with Crippen molar-refractivity contribution in [3.05, 3.63) is 71.2 Å². The summed E-state index contributed by atoms with van der Waals surface area (Å²) in [5.41, 5.74) is 1.16. The van der Waals surface area contributed by atoms with Gasteiger partial charge < -0.3 is 14.8 Å². The zero-order chi connectivity index (χ0) is 20.6. The molecule has 2 aromatic carbocycles. The van der Waals surface area contributed by atoms with Crippen LogP contribution in [0.1, 0.15) is 11.1 Å². The van der Waals surface area contributed by atoms with E-state index in [4.69, 9.17) is 9.47 Å². The van der Waals surface area contributed by atoms with E-state index in [-0.39, 0.29) is 30.6 Å². The van der Waals surface area contributed by atoms with Crippen LogP contribution < -0.4 is 14.8 Å². The first-order valence-electron chi connectivity index (χ1n) is 8.57. The van der Waals surface area contributed by atoms with E-state index in [0.29, 0.717) is 22.6 Å². The summed E-state index contributed by atoms with van der Waals surface area (Å²) in [5, 5.41) is 2.63. The first-order chi connectivity index (χ1) is 13.8. The number of carbonyl (C=O) groups is 1. The second-order valence-electron chi connectivity index (χ2n) is 6.33. The number of fused-ring (bicyclic) bond motifs is 1. The molecule has 0 saturated heterocycles. The second kappa shape index (κ2) is 7.21. The van der Waals surface area contributed by atoms with Crippen molar-refractivity contribution in [1.82, 2.24) is 9.62 Å².